The van der Waals surface area contributed by atoms with Crippen LogP contribution >= 0.6 is 0 Å². The summed E-state index contributed by atoms with van der Waals surface area (Å²) in [5.74, 6) is 0.513. The number of methoxy groups -OCH3 is 1. The molecule has 1 aliphatic rings. The zero-order valence-corrected chi connectivity index (χ0v) is 17.9. The van der Waals surface area contributed by atoms with Crippen molar-refractivity contribution in [3.63, 3.8) is 0 Å². The van der Waals surface area contributed by atoms with E-state index in [-0.39, 0.29) is 5.76 Å². The third-order valence-electron chi connectivity index (χ3n) is 5.68. The molecule has 31 heavy (non-hydrogen) atoms. The van der Waals surface area contributed by atoms with Gasteiger partial charge < -0.3 is 14.7 Å². The van der Waals surface area contributed by atoms with Crippen molar-refractivity contribution >= 4 is 11.5 Å². The van der Waals surface area contributed by atoms with Crippen molar-refractivity contribution < 1.29 is 14.6 Å². The minimum atomic E-state index is -0.413. The lowest BCUT2D eigenvalue weighted by Gasteiger charge is -2.27. The summed E-state index contributed by atoms with van der Waals surface area (Å²) in [6.07, 6.45) is 1.71. The van der Waals surface area contributed by atoms with E-state index in [9.17, 15) is 9.90 Å². The van der Waals surface area contributed by atoms with Crippen molar-refractivity contribution in [1.29, 1.82) is 0 Å². The number of benzene rings is 2. The van der Waals surface area contributed by atoms with Gasteiger partial charge in [-0.2, -0.15) is 0 Å². The summed E-state index contributed by atoms with van der Waals surface area (Å²) in [5.41, 5.74) is 4.32. The van der Waals surface area contributed by atoms with Gasteiger partial charge in [0.05, 0.1) is 25.4 Å². The number of aromatic nitrogens is 1. The van der Waals surface area contributed by atoms with Crippen LogP contribution in [0.3, 0.4) is 0 Å². The molecule has 3 aromatic rings. The molecule has 1 N–H and O–H groups in total. The fourth-order valence-corrected chi connectivity index (χ4v) is 3.96. The molecule has 1 atom stereocenters. The fourth-order valence-electron chi connectivity index (χ4n) is 3.96. The first-order valence-electron chi connectivity index (χ1n) is 10.4. The molecule has 4 rings (SSSR count). The third kappa shape index (κ3) is 4.04. The lowest BCUT2D eigenvalue weighted by molar-refractivity contribution is -0.130. The van der Waals surface area contributed by atoms with E-state index >= 15 is 0 Å². The van der Waals surface area contributed by atoms with Crippen LogP contribution in [0.4, 0.5) is 0 Å². The minimum Gasteiger partial charge on any atom is -0.503 e. The Balaban J connectivity index is 1.79. The Bertz CT molecular complexity index is 1090. The van der Waals surface area contributed by atoms with E-state index < -0.39 is 11.9 Å². The van der Waals surface area contributed by atoms with Crippen molar-refractivity contribution in [3.8, 4) is 5.75 Å². The van der Waals surface area contributed by atoms with Crippen molar-refractivity contribution in [2.24, 2.45) is 0 Å². The van der Waals surface area contributed by atoms with Gasteiger partial charge in [-0.15, -0.1) is 0 Å². The van der Waals surface area contributed by atoms with Crippen LogP contribution in [0.2, 0.25) is 0 Å². The molecule has 158 valence electrons. The Hall–Kier alpha value is -3.60. The van der Waals surface area contributed by atoms with Gasteiger partial charge in [0.1, 0.15) is 5.75 Å². The number of ether oxygens (including phenoxy) is 1. The Morgan fingerprint density at radius 3 is 2.32 bits per heavy atom. The molecule has 1 amide bonds. The number of pyridine rings is 1. The number of carbonyl (C=O) groups excluding carboxylic acids is 1. The molecule has 0 saturated heterocycles. The highest BCUT2D eigenvalue weighted by Gasteiger charge is 2.41. The SMILES string of the molecule is COc1ccc(C2=C(O)C(=O)N(Cc3ccccn3)[C@@H]2c2ccc(C(C)C)cc2)cc1. The van der Waals surface area contributed by atoms with Gasteiger partial charge in [0.25, 0.3) is 5.91 Å². The standard InChI is InChI=1S/C26H26N2O3/c1-17(2)18-7-9-20(10-8-18)24-23(19-11-13-22(31-3)14-12-19)25(29)26(30)28(24)16-21-6-4-5-15-27-21/h4-15,17,24,29H,16H2,1-3H3/t24-/m1/s1. The smallest absolute Gasteiger partial charge is 0.290 e. The summed E-state index contributed by atoms with van der Waals surface area (Å²) in [6, 6.07) is 20.9. The van der Waals surface area contributed by atoms with Crippen molar-refractivity contribution in [2.45, 2.75) is 32.4 Å². The molecule has 0 saturated carbocycles. The molecule has 0 spiro atoms. The summed E-state index contributed by atoms with van der Waals surface area (Å²) >= 11 is 0. The number of aliphatic hydroxyl groups excluding tert-OH is 1. The first-order valence-corrected chi connectivity index (χ1v) is 10.4. The Morgan fingerprint density at radius 1 is 1.03 bits per heavy atom. The van der Waals surface area contributed by atoms with Crippen molar-refractivity contribution in [3.05, 3.63) is 101 Å². The summed E-state index contributed by atoms with van der Waals surface area (Å²) < 4.78 is 5.26. The molecule has 0 radical (unpaired) electrons. The van der Waals surface area contributed by atoms with Crippen LogP contribution in [-0.2, 0) is 11.3 Å². The maximum atomic E-state index is 13.1. The maximum Gasteiger partial charge on any atom is 0.290 e. The van der Waals surface area contributed by atoms with E-state index in [1.807, 2.05) is 54.6 Å². The van der Waals surface area contributed by atoms with Gasteiger partial charge in [-0.1, -0.05) is 56.3 Å². The Kier molecular flexibility index (Phi) is 5.76. The second kappa shape index (κ2) is 8.64. The highest BCUT2D eigenvalue weighted by Crippen LogP contribution is 2.44. The van der Waals surface area contributed by atoms with Crippen LogP contribution in [0.15, 0.2) is 78.7 Å². The summed E-state index contributed by atoms with van der Waals surface area (Å²) in [5, 5.41) is 10.9. The quantitative estimate of drug-likeness (QED) is 0.597. The molecule has 5 heteroatoms. The maximum absolute atomic E-state index is 13.1. The predicted octanol–water partition coefficient (Wildman–Crippen LogP) is 5.27. The molecule has 2 heterocycles. The van der Waals surface area contributed by atoms with Crippen LogP contribution < -0.4 is 4.74 Å². The lowest BCUT2D eigenvalue weighted by atomic mass is 9.91. The second-order valence-electron chi connectivity index (χ2n) is 7.97. The van der Waals surface area contributed by atoms with Gasteiger partial charge in [0.15, 0.2) is 5.76 Å². The Labute approximate surface area is 182 Å². The number of nitrogens with zero attached hydrogens (tertiary/aromatic N) is 2. The van der Waals surface area contributed by atoms with Gasteiger partial charge >= 0.3 is 0 Å². The minimum absolute atomic E-state index is 0.223. The third-order valence-corrected chi connectivity index (χ3v) is 5.68. The van der Waals surface area contributed by atoms with Crippen LogP contribution in [0, 0.1) is 0 Å². The van der Waals surface area contributed by atoms with E-state index in [0.717, 1.165) is 22.6 Å². The highest BCUT2D eigenvalue weighted by molar-refractivity contribution is 6.05. The summed E-state index contributed by atoms with van der Waals surface area (Å²) in [6.45, 7) is 4.60. The van der Waals surface area contributed by atoms with E-state index in [2.05, 4.69) is 31.0 Å². The fraction of sp³-hybridized carbons (Fsp3) is 0.231. The average molecular weight is 415 g/mol. The summed E-state index contributed by atoms with van der Waals surface area (Å²) in [7, 11) is 1.61. The monoisotopic (exact) mass is 414 g/mol. The van der Waals surface area contributed by atoms with Gasteiger partial charge in [-0.25, -0.2) is 0 Å². The van der Waals surface area contributed by atoms with Crippen LogP contribution in [0.25, 0.3) is 5.57 Å². The van der Waals surface area contributed by atoms with Gasteiger partial charge in [0.2, 0.25) is 0 Å². The molecule has 0 bridgehead atoms. The largest absolute Gasteiger partial charge is 0.503 e. The number of amides is 1. The second-order valence-corrected chi connectivity index (χ2v) is 7.97. The number of hydrogen-bond acceptors (Lipinski definition) is 4. The van der Waals surface area contributed by atoms with Crippen molar-refractivity contribution in [2.75, 3.05) is 7.11 Å². The number of carbonyl (C=O) groups is 1. The van der Waals surface area contributed by atoms with Crippen LogP contribution in [-0.4, -0.2) is 28.0 Å². The molecule has 1 aliphatic heterocycles. The van der Waals surface area contributed by atoms with Crippen molar-refractivity contribution in [1.82, 2.24) is 9.88 Å². The zero-order chi connectivity index (χ0) is 22.0. The molecular weight excluding hydrogens is 388 g/mol. The summed E-state index contributed by atoms with van der Waals surface area (Å²) in [4.78, 5) is 19.2. The number of aliphatic hydroxyl groups is 1. The molecule has 0 unspecified atom stereocenters. The van der Waals surface area contributed by atoms with E-state index in [0.29, 0.717) is 18.0 Å². The normalized spacial score (nSPS) is 16.3. The molecule has 5 nitrogen and oxygen atoms in total. The Morgan fingerprint density at radius 2 is 1.74 bits per heavy atom. The van der Waals surface area contributed by atoms with Gasteiger partial charge in [0, 0.05) is 11.8 Å². The van der Waals surface area contributed by atoms with Crippen LogP contribution in [0.1, 0.15) is 48.2 Å². The number of rotatable bonds is 6. The van der Waals surface area contributed by atoms with E-state index in [4.69, 9.17) is 4.74 Å². The van der Waals surface area contributed by atoms with Gasteiger partial charge in [-0.05, 0) is 46.9 Å². The van der Waals surface area contributed by atoms with Crippen LogP contribution in [0.5, 0.6) is 5.75 Å². The average Bonchev–Trinajstić information content (AvgIpc) is 3.05. The topological polar surface area (TPSA) is 62.7 Å². The van der Waals surface area contributed by atoms with E-state index in [1.165, 1.54) is 5.56 Å². The molecule has 1 aromatic heterocycles. The zero-order valence-electron chi connectivity index (χ0n) is 17.9. The first kappa shape index (κ1) is 20.7. The molecule has 2 aromatic carbocycles. The molecule has 0 aliphatic carbocycles. The number of hydrogen-bond donors (Lipinski definition) is 1. The first-order chi connectivity index (χ1) is 15.0. The lowest BCUT2D eigenvalue weighted by Crippen LogP contribution is -2.30. The highest BCUT2D eigenvalue weighted by atomic mass is 16.5. The van der Waals surface area contributed by atoms with E-state index in [1.54, 1.807) is 18.2 Å². The molecule has 0 fully saturated rings. The predicted molar refractivity (Wildman–Crippen MR) is 121 cm³/mol. The molecular formula is C26H26N2O3. The van der Waals surface area contributed by atoms with Gasteiger partial charge in [-0.3, -0.25) is 9.78 Å².